The maximum atomic E-state index is 13.9. The number of nitrogens with zero attached hydrogens (tertiary/aromatic N) is 4. The lowest BCUT2D eigenvalue weighted by atomic mass is 10.1. The Morgan fingerprint density at radius 2 is 2.08 bits per heavy atom. The first kappa shape index (κ1) is 15.7. The fourth-order valence-electron chi connectivity index (χ4n) is 3.37. The molecule has 1 saturated heterocycles. The summed E-state index contributed by atoms with van der Waals surface area (Å²) in [5.74, 6) is 1.93. The van der Waals surface area contributed by atoms with E-state index in [2.05, 4.69) is 25.2 Å². The van der Waals surface area contributed by atoms with Crippen LogP contribution in [-0.4, -0.2) is 34.6 Å². The van der Waals surface area contributed by atoms with Crippen LogP contribution < -0.4 is 10.2 Å². The quantitative estimate of drug-likeness (QED) is 0.791. The number of rotatable bonds is 4. The Morgan fingerprint density at radius 3 is 2.96 bits per heavy atom. The van der Waals surface area contributed by atoms with E-state index in [4.69, 9.17) is 0 Å². The van der Waals surface area contributed by atoms with Crippen molar-refractivity contribution in [3.8, 4) is 0 Å². The molecule has 1 aromatic carbocycles. The molecule has 0 radical (unpaired) electrons. The molecule has 0 saturated carbocycles. The second-order valence-electron chi connectivity index (χ2n) is 6.48. The van der Waals surface area contributed by atoms with Crippen molar-refractivity contribution < 1.29 is 4.39 Å². The highest BCUT2D eigenvalue weighted by Crippen LogP contribution is 2.29. The van der Waals surface area contributed by atoms with Gasteiger partial charge in [0.15, 0.2) is 0 Å². The van der Waals surface area contributed by atoms with Crippen LogP contribution in [0.3, 0.4) is 0 Å². The average molecular weight is 337 g/mol. The van der Waals surface area contributed by atoms with Gasteiger partial charge >= 0.3 is 0 Å². The molecule has 0 bridgehead atoms. The number of nitrogens with one attached hydrogen (secondary N) is 1. The number of halogens is 1. The minimum Gasteiger partial charge on any atom is -0.370 e. The lowest BCUT2D eigenvalue weighted by Crippen LogP contribution is -2.23. The van der Waals surface area contributed by atoms with Gasteiger partial charge in [-0.2, -0.15) is 0 Å². The van der Waals surface area contributed by atoms with Crippen molar-refractivity contribution in [1.29, 1.82) is 0 Å². The number of pyridine rings is 1. The maximum absolute atomic E-state index is 13.9. The molecule has 3 aromatic rings. The summed E-state index contributed by atoms with van der Waals surface area (Å²) in [6.45, 7) is 4.66. The van der Waals surface area contributed by atoms with Crippen LogP contribution in [0.2, 0.25) is 0 Å². The van der Waals surface area contributed by atoms with E-state index in [1.807, 2.05) is 31.2 Å². The molecule has 1 aliphatic rings. The van der Waals surface area contributed by atoms with Gasteiger partial charge in [-0.1, -0.05) is 12.1 Å². The molecule has 0 aliphatic carbocycles. The van der Waals surface area contributed by atoms with Gasteiger partial charge in [0.05, 0.1) is 0 Å². The lowest BCUT2D eigenvalue weighted by molar-refractivity contribution is 0.620. The Labute approximate surface area is 145 Å². The molecule has 6 heteroatoms. The first-order valence-corrected chi connectivity index (χ1v) is 8.52. The molecule has 3 heterocycles. The zero-order valence-corrected chi connectivity index (χ0v) is 14.1. The number of hydrogen-bond donors (Lipinski definition) is 1. The second-order valence-corrected chi connectivity index (χ2v) is 6.48. The highest BCUT2D eigenvalue weighted by molar-refractivity contribution is 5.89. The zero-order valence-electron chi connectivity index (χ0n) is 14.1. The molecular weight excluding hydrogens is 317 g/mol. The molecule has 1 fully saturated rings. The van der Waals surface area contributed by atoms with Gasteiger partial charge in [0.25, 0.3) is 0 Å². The van der Waals surface area contributed by atoms with Gasteiger partial charge in [0.2, 0.25) is 0 Å². The van der Waals surface area contributed by atoms with Crippen molar-refractivity contribution in [2.24, 2.45) is 5.92 Å². The van der Waals surface area contributed by atoms with Gasteiger partial charge in [-0.05, 0) is 43.5 Å². The first-order valence-electron chi connectivity index (χ1n) is 8.52. The molecule has 1 aliphatic heterocycles. The molecule has 0 amide bonds. The summed E-state index contributed by atoms with van der Waals surface area (Å²) in [4.78, 5) is 15.2. The Kier molecular flexibility index (Phi) is 4.17. The number of aromatic nitrogens is 3. The molecule has 5 nitrogen and oxygen atoms in total. The van der Waals surface area contributed by atoms with Crippen LogP contribution in [0, 0.1) is 18.7 Å². The molecule has 0 spiro atoms. The fraction of sp³-hybridized carbons (Fsp3) is 0.316. The van der Waals surface area contributed by atoms with Gasteiger partial charge in [0, 0.05) is 30.7 Å². The molecule has 1 unspecified atom stereocenters. The van der Waals surface area contributed by atoms with Crippen LogP contribution in [0.1, 0.15) is 12.1 Å². The fourth-order valence-corrected chi connectivity index (χ4v) is 3.37. The molecule has 25 heavy (non-hydrogen) atoms. The summed E-state index contributed by atoms with van der Waals surface area (Å²) in [5.41, 5.74) is 1.39. The van der Waals surface area contributed by atoms with Gasteiger partial charge in [-0.25, -0.2) is 19.3 Å². The van der Waals surface area contributed by atoms with E-state index in [0.717, 1.165) is 48.8 Å². The normalized spacial score (nSPS) is 17.2. The van der Waals surface area contributed by atoms with E-state index in [1.165, 1.54) is 12.4 Å². The summed E-state index contributed by atoms with van der Waals surface area (Å²) in [5, 5.41) is 4.19. The Balaban J connectivity index is 1.47. The third-order valence-corrected chi connectivity index (χ3v) is 4.64. The predicted octanol–water partition coefficient (Wildman–Crippen LogP) is 3.41. The number of anilines is 2. The average Bonchev–Trinajstić information content (AvgIpc) is 3.09. The third-order valence-electron chi connectivity index (χ3n) is 4.64. The highest BCUT2D eigenvalue weighted by Gasteiger charge is 2.25. The lowest BCUT2D eigenvalue weighted by Gasteiger charge is -2.19. The predicted molar refractivity (Wildman–Crippen MR) is 97.3 cm³/mol. The molecule has 1 N–H and O–H groups in total. The van der Waals surface area contributed by atoms with Crippen LogP contribution in [0.5, 0.6) is 0 Å². The van der Waals surface area contributed by atoms with Crippen molar-refractivity contribution in [1.82, 2.24) is 15.0 Å². The third kappa shape index (κ3) is 3.24. The van der Waals surface area contributed by atoms with E-state index >= 15 is 0 Å². The smallest absolute Gasteiger partial charge is 0.149 e. The molecule has 4 rings (SSSR count). The van der Waals surface area contributed by atoms with Crippen molar-refractivity contribution >= 4 is 22.5 Å². The van der Waals surface area contributed by atoms with E-state index < -0.39 is 0 Å². The first-order chi connectivity index (χ1) is 12.2. The van der Waals surface area contributed by atoms with Gasteiger partial charge in [-0.3, -0.25) is 0 Å². The molecule has 128 valence electrons. The number of fused-ring (bicyclic) bond motifs is 1. The molecule has 2 aromatic heterocycles. The summed E-state index contributed by atoms with van der Waals surface area (Å²) in [6, 6.07) is 11.0. The summed E-state index contributed by atoms with van der Waals surface area (Å²) in [6.07, 6.45) is 2.52. The van der Waals surface area contributed by atoms with E-state index in [0.29, 0.717) is 11.4 Å². The van der Waals surface area contributed by atoms with Crippen LogP contribution in [0.15, 0.2) is 42.7 Å². The van der Waals surface area contributed by atoms with Crippen molar-refractivity contribution in [2.75, 3.05) is 29.9 Å². The van der Waals surface area contributed by atoms with E-state index in [1.54, 1.807) is 6.07 Å². The van der Waals surface area contributed by atoms with Crippen LogP contribution >= 0.6 is 0 Å². The zero-order chi connectivity index (χ0) is 17.2. The van der Waals surface area contributed by atoms with Gasteiger partial charge in [0.1, 0.15) is 29.3 Å². The maximum Gasteiger partial charge on any atom is 0.149 e. The SMILES string of the molecule is Cc1cccc(NCC2CCN(c3ncnc4c(F)cccc34)C2)n1. The topological polar surface area (TPSA) is 53.9 Å². The van der Waals surface area contributed by atoms with Crippen molar-refractivity contribution in [3.63, 3.8) is 0 Å². The Hall–Kier alpha value is -2.76. The van der Waals surface area contributed by atoms with Crippen LogP contribution in [0.4, 0.5) is 16.0 Å². The standard InChI is InChI=1S/C19H20FN5/c1-13-4-2-7-17(24-13)21-10-14-8-9-25(11-14)19-15-5-3-6-16(20)18(15)22-12-23-19/h2-7,12,14H,8-11H2,1H3,(H,21,24). The van der Waals surface area contributed by atoms with E-state index in [9.17, 15) is 4.39 Å². The minimum atomic E-state index is -0.302. The summed E-state index contributed by atoms with van der Waals surface area (Å²) < 4.78 is 13.9. The number of para-hydroxylation sites is 1. The van der Waals surface area contributed by atoms with Crippen molar-refractivity contribution in [2.45, 2.75) is 13.3 Å². The van der Waals surface area contributed by atoms with E-state index in [-0.39, 0.29) is 5.82 Å². The second kappa shape index (κ2) is 6.63. The van der Waals surface area contributed by atoms with Crippen molar-refractivity contribution in [3.05, 3.63) is 54.2 Å². The molecular formula is C19H20FN5. The Bertz CT molecular complexity index is 898. The summed E-state index contributed by atoms with van der Waals surface area (Å²) in [7, 11) is 0. The highest BCUT2D eigenvalue weighted by atomic mass is 19.1. The monoisotopic (exact) mass is 337 g/mol. The molecule has 1 atom stereocenters. The van der Waals surface area contributed by atoms with Gasteiger partial charge in [-0.15, -0.1) is 0 Å². The minimum absolute atomic E-state index is 0.302. The number of aryl methyl sites for hydroxylation is 1. The van der Waals surface area contributed by atoms with Crippen LogP contribution in [-0.2, 0) is 0 Å². The summed E-state index contributed by atoms with van der Waals surface area (Å²) >= 11 is 0. The largest absolute Gasteiger partial charge is 0.370 e. The Morgan fingerprint density at radius 1 is 1.20 bits per heavy atom. The number of benzene rings is 1. The van der Waals surface area contributed by atoms with Gasteiger partial charge < -0.3 is 10.2 Å². The number of hydrogen-bond acceptors (Lipinski definition) is 5. The van der Waals surface area contributed by atoms with Crippen LogP contribution in [0.25, 0.3) is 10.9 Å².